The van der Waals surface area contributed by atoms with Crippen molar-refractivity contribution in [1.29, 1.82) is 0 Å². The summed E-state index contributed by atoms with van der Waals surface area (Å²) in [4.78, 5) is 27.1. The molecule has 3 rings (SSSR count). The number of likely N-dealkylation sites (tertiary alicyclic amines) is 1. The Morgan fingerprint density at radius 2 is 1.68 bits per heavy atom. The van der Waals surface area contributed by atoms with E-state index in [-0.39, 0.29) is 23.4 Å². The first-order valence-electron chi connectivity index (χ1n) is 8.66. The zero-order valence-corrected chi connectivity index (χ0v) is 14.7. The summed E-state index contributed by atoms with van der Waals surface area (Å²) in [5, 5.41) is 10.2. The molecular weight excluding hydrogens is 314 g/mol. The SMILES string of the molecule is Cc1cc(C)c(C(=O)C2CCN(C(=O)c3ccccc3)CC2)c(O)c1. The third-order valence-electron chi connectivity index (χ3n) is 4.88. The summed E-state index contributed by atoms with van der Waals surface area (Å²) < 4.78 is 0. The molecule has 2 aromatic carbocycles. The van der Waals surface area contributed by atoms with E-state index in [0.29, 0.717) is 37.1 Å². The third kappa shape index (κ3) is 3.58. The Kier molecular flexibility index (Phi) is 4.88. The van der Waals surface area contributed by atoms with E-state index in [4.69, 9.17) is 0 Å². The zero-order valence-electron chi connectivity index (χ0n) is 14.7. The summed E-state index contributed by atoms with van der Waals surface area (Å²) in [6, 6.07) is 12.8. The number of amides is 1. The summed E-state index contributed by atoms with van der Waals surface area (Å²) in [6.45, 7) is 4.88. The van der Waals surface area contributed by atoms with E-state index < -0.39 is 0 Å². The Balaban J connectivity index is 1.68. The van der Waals surface area contributed by atoms with Gasteiger partial charge in [0.15, 0.2) is 5.78 Å². The van der Waals surface area contributed by atoms with E-state index in [1.54, 1.807) is 11.0 Å². The molecule has 2 aromatic rings. The van der Waals surface area contributed by atoms with Crippen LogP contribution in [-0.4, -0.2) is 34.8 Å². The van der Waals surface area contributed by atoms with Crippen molar-refractivity contribution in [3.8, 4) is 5.75 Å². The Bertz CT molecular complexity index is 767. The molecule has 0 bridgehead atoms. The second-order valence-corrected chi connectivity index (χ2v) is 6.77. The Hall–Kier alpha value is -2.62. The molecule has 1 fully saturated rings. The van der Waals surface area contributed by atoms with Crippen LogP contribution in [0.2, 0.25) is 0 Å². The van der Waals surface area contributed by atoms with Crippen molar-refractivity contribution in [3.05, 3.63) is 64.7 Å². The molecule has 1 aliphatic heterocycles. The first-order valence-corrected chi connectivity index (χ1v) is 8.66. The Labute approximate surface area is 148 Å². The number of piperidine rings is 1. The lowest BCUT2D eigenvalue weighted by molar-refractivity contribution is 0.0649. The lowest BCUT2D eigenvalue weighted by Gasteiger charge is -2.31. The fraction of sp³-hybridized carbons (Fsp3) is 0.333. The van der Waals surface area contributed by atoms with Gasteiger partial charge in [0.2, 0.25) is 0 Å². The second kappa shape index (κ2) is 7.09. The standard InChI is InChI=1S/C21H23NO3/c1-14-12-15(2)19(18(23)13-14)20(24)16-8-10-22(11-9-16)21(25)17-6-4-3-5-7-17/h3-7,12-13,16,23H,8-11H2,1-2H3. The Morgan fingerprint density at radius 1 is 1.04 bits per heavy atom. The first kappa shape index (κ1) is 17.2. The molecule has 0 spiro atoms. The lowest BCUT2D eigenvalue weighted by atomic mass is 9.86. The van der Waals surface area contributed by atoms with Gasteiger partial charge in [0.25, 0.3) is 5.91 Å². The molecule has 0 unspecified atom stereocenters. The lowest BCUT2D eigenvalue weighted by Crippen LogP contribution is -2.40. The van der Waals surface area contributed by atoms with E-state index in [2.05, 4.69) is 0 Å². The minimum absolute atomic E-state index is 0.0122. The number of ketones is 1. The van der Waals surface area contributed by atoms with Crippen molar-refractivity contribution >= 4 is 11.7 Å². The molecule has 0 atom stereocenters. The molecule has 1 amide bonds. The molecule has 1 N–H and O–H groups in total. The van der Waals surface area contributed by atoms with Crippen molar-refractivity contribution in [2.45, 2.75) is 26.7 Å². The van der Waals surface area contributed by atoms with Gasteiger partial charge in [0, 0.05) is 24.6 Å². The number of benzene rings is 2. The second-order valence-electron chi connectivity index (χ2n) is 6.77. The predicted octanol–water partition coefficient (Wildman–Crippen LogP) is 3.74. The number of rotatable bonds is 3. The number of nitrogens with zero attached hydrogens (tertiary/aromatic N) is 1. The number of aromatic hydroxyl groups is 1. The quantitative estimate of drug-likeness (QED) is 0.868. The molecule has 1 saturated heterocycles. The van der Waals surface area contributed by atoms with Gasteiger partial charge in [-0.05, 0) is 56.0 Å². The molecular formula is C21H23NO3. The highest BCUT2D eigenvalue weighted by Crippen LogP contribution is 2.30. The maximum absolute atomic E-state index is 12.8. The first-order chi connectivity index (χ1) is 12.0. The van der Waals surface area contributed by atoms with Gasteiger partial charge in [0.1, 0.15) is 5.75 Å². The van der Waals surface area contributed by atoms with E-state index in [0.717, 1.165) is 11.1 Å². The van der Waals surface area contributed by atoms with Crippen LogP contribution in [0.5, 0.6) is 5.75 Å². The van der Waals surface area contributed by atoms with Crippen LogP contribution in [0.25, 0.3) is 0 Å². The van der Waals surface area contributed by atoms with Gasteiger partial charge in [-0.15, -0.1) is 0 Å². The highest BCUT2D eigenvalue weighted by molar-refractivity contribution is 6.02. The molecule has 1 aliphatic rings. The summed E-state index contributed by atoms with van der Waals surface area (Å²) in [5.41, 5.74) is 2.86. The molecule has 4 heteroatoms. The van der Waals surface area contributed by atoms with Crippen LogP contribution in [0.4, 0.5) is 0 Å². The highest BCUT2D eigenvalue weighted by atomic mass is 16.3. The fourth-order valence-electron chi connectivity index (χ4n) is 3.58. The van der Waals surface area contributed by atoms with Crippen molar-refractivity contribution in [2.75, 3.05) is 13.1 Å². The number of phenols is 1. The van der Waals surface area contributed by atoms with Crippen molar-refractivity contribution in [1.82, 2.24) is 4.90 Å². The molecule has 130 valence electrons. The van der Waals surface area contributed by atoms with Crippen molar-refractivity contribution < 1.29 is 14.7 Å². The fourth-order valence-corrected chi connectivity index (χ4v) is 3.58. The van der Waals surface area contributed by atoms with Gasteiger partial charge in [-0.1, -0.05) is 24.3 Å². The average molecular weight is 337 g/mol. The van der Waals surface area contributed by atoms with Crippen molar-refractivity contribution in [2.24, 2.45) is 5.92 Å². The minimum atomic E-state index is -0.146. The maximum atomic E-state index is 12.8. The van der Waals surface area contributed by atoms with Crippen LogP contribution < -0.4 is 0 Å². The largest absolute Gasteiger partial charge is 0.507 e. The molecule has 0 radical (unpaired) electrons. The van der Waals surface area contributed by atoms with Gasteiger partial charge >= 0.3 is 0 Å². The predicted molar refractivity (Wildman–Crippen MR) is 97.0 cm³/mol. The molecule has 4 nitrogen and oxygen atoms in total. The molecule has 0 aliphatic carbocycles. The summed E-state index contributed by atoms with van der Waals surface area (Å²) >= 11 is 0. The van der Waals surface area contributed by atoms with Gasteiger partial charge in [0.05, 0.1) is 5.56 Å². The normalized spacial score (nSPS) is 15.2. The van der Waals surface area contributed by atoms with E-state index in [1.807, 2.05) is 50.2 Å². The Morgan fingerprint density at radius 3 is 2.28 bits per heavy atom. The van der Waals surface area contributed by atoms with E-state index in [1.165, 1.54) is 0 Å². The highest BCUT2D eigenvalue weighted by Gasteiger charge is 2.30. The summed E-state index contributed by atoms with van der Waals surface area (Å²) in [6.07, 6.45) is 1.26. The topological polar surface area (TPSA) is 57.6 Å². The smallest absolute Gasteiger partial charge is 0.253 e. The summed E-state index contributed by atoms with van der Waals surface area (Å²) in [5.74, 6) is -0.0832. The van der Waals surface area contributed by atoms with Crippen LogP contribution >= 0.6 is 0 Å². The van der Waals surface area contributed by atoms with Crippen LogP contribution in [0.15, 0.2) is 42.5 Å². The number of hydrogen-bond acceptors (Lipinski definition) is 3. The molecule has 25 heavy (non-hydrogen) atoms. The average Bonchev–Trinajstić information content (AvgIpc) is 2.61. The number of phenolic OH excluding ortho intramolecular Hbond substituents is 1. The summed E-state index contributed by atoms with van der Waals surface area (Å²) in [7, 11) is 0. The molecule has 0 saturated carbocycles. The molecule has 1 heterocycles. The van der Waals surface area contributed by atoms with Crippen LogP contribution in [0.3, 0.4) is 0 Å². The van der Waals surface area contributed by atoms with Gasteiger partial charge in [-0.25, -0.2) is 0 Å². The number of Topliss-reactive ketones (excluding diaryl/α,β-unsaturated/α-hetero) is 1. The van der Waals surface area contributed by atoms with Gasteiger partial charge in [-0.2, -0.15) is 0 Å². The third-order valence-corrected chi connectivity index (χ3v) is 4.88. The van der Waals surface area contributed by atoms with Gasteiger partial charge < -0.3 is 10.0 Å². The van der Waals surface area contributed by atoms with Crippen molar-refractivity contribution in [3.63, 3.8) is 0 Å². The van der Waals surface area contributed by atoms with Gasteiger partial charge in [-0.3, -0.25) is 9.59 Å². The van der Waals surface area contributed by atoms with Crippen LogP contribution in [0.1, 0.15) is 44.7 Å². The monoisotopic (exact) mass is 337 g/mol. The zero-order chi connectivity index (χ0) is 18.0. The number of aryl methyl sites for hydroxylation is 2. The number of carbonyl (C=O) groups is 2. The maximum Gasteiger partial charge on any atom is 0.253 e. The van der Waals surface area contributed by atoms with E-state index in [9.17, 15) is 14.7 Å². The number of carbonyl (C=O) groups excluding carboxylic acids is 2. The number of hydrogen-bond donors (Lipinski definition) is 1. The minimum Gasteiger partial charge on any atom is -0.507 e. The van der Waals surface area contributed by atoms with Crippen LogP contribution in [0, 0.1) is 19.8 Å². The van der Waals surface area contributed by atoms with E-state index >= 15 is 0 Å². The van der Waals surface area contributed by atoms with Crippen LogP contribution in [-0.2, 0) is 0 Å². The molecule has 0 aromatic heterocycles.